The number of carbonyl (C=O) groups excluding carboxylic acids is 1. The van der Waals surface area contributed by atoms with Gasteiger partial charge in [0.2, 0.25) is 15.9 Å². The van der Waals surface area contributed by atoms with Crippen molar-refractivity contribution < 1.29 is 13.2 Å². The Morgan fingerprint density at radius 1 is 1.08 bits per heavy atom. The van der Waals surface area contributed by atoms with Gasteiger partial charge in [-0.15, -0.1) is 0 Å². The summed E-state index contributed by atoms with van der Waals surface area (Å²) in [6.45, 7) is 5.88. The third kappa shape index (κ3) is 4.06. The van der Waals surface area contributed by atoms with Crippen molar-refractivity contribution in [2.75, 3.05) is 46.3 Å². The smallest absolute Gasteiger partial charge is 0.243 e. The molecule has 0 saturated carbocycles. The van der Waals surface area contributed by atoms with E-state index in [0.29, 0.717) is 31.0 Å². The van der Waals surface area contributed by atoms with Crippen LogP contribution in [0.3, 0.4) is 0 Å². The highest BCUT2D eigenvalue weighted by atomic mass is 35.5. The van der Waals surface area contributed by atoms with Crippen molar-refractivity contribution in [3.05, 3.63) is 28.8 Å². The Balaban J connectivity index is 1.62. The van der Waals surface area contributed by atoms with E-state index in [2.05, 4.69) is 11.9 Å². The van der Waals surface area contributed by atoms with Crippen molar-refractivity contribution in [2.24, 2.45) is 5.92 Å². The van der Waals surface area contributed by atoms with Crippen LogP contribution in [-0.2, 0) is 14.8 Å². The number of piperidine rings is 1. The number of sulfonamides is 1. The lowest BCUT2D eigenvalue weighted by atomic mass is 9.96. The average Bonchev–Trinajstić information content (AvgIpc) is 2.64. The van der Waals surface area contributed by atoms with E-state index < -0.39 is 10.0 Å². The molecule has 2 fully saturated rings. The van der Waals surface area contributed by atoms with Crippen LogP contribution < -0.4 is 0 Å². The molecule has 3 rings (SSSR count). The van der Waals surface area contributed by atoms with Gasteiger partial charge >= 0.3 is 0 Å². The molecular formula is C18H26ClN3O3S. The van der Waals surface area contributed by atoms with Crippen LogP contribution in [0.25, 0.3) is 0 Å². The fourth-order valence-electron chi connectivity index (χ4n) is 3.55. The number of amides is 1. The zero-order chi connectivity index (χ0) is 18.9. The Hall–Kier alpha value is -1.15. The summed E-state index contributed by atoms with van der Waals surface area (Å²) in [5.41, 5.74) is 0.743. The van der Waals surface area contributed by atoms with Crippen LogP contribution in [0, 0.1) is 12.8 Å². The third-order valence-electron chi connectivity index (χ3n) is 5.39. The number of piperazine rings is 1. The summed E-state index contributed by atoms with van der Waals surface area (Å²) in [7, 11) is -1.48. The van der Waals surface area contributed by atoms with Crippen molar-refractivity contribution in [1.29, 1.82) is 0 Å². The molecule has 6 nitrogen and oxygen atoms in total. The first-order chi connectivity index (χ1) is 12.3. The van der Waals surface area contributed by atoms with Gasteiger partial charge in [0, 0.05) is 50.2 Å². The Morgan fingerprint density at radius 2 is 1.69 bits per heavy atom. The van der Waals surface area contributed by atoms with Crippen molar-refractivity contribution in [2.45, 2.75) is 24.7 Å². The van der Waals surface area contributed by atoms with Gasteiger partial charge in [-0.05, 0) is 50.6 Å². The van der Waals surface area contributed by atoms with Crippen LogP contribution in [0.15, 0.2) is 23.1 Å². The quantitative estimate of drug-likeness (QED) is 0.777. The zero-order valence-electron chi connectivity index (χ0n) is 15.3. The summed E-state index contributed by atoms with van der Waals surface area (Å²) in [5, 5.41) is 0.556. The van der Waals surface area contributed by atoms with E-state index in [0.717, 1.165) is 31.7 Å². The molecular weight excluding hydrogens is 374 g/mol. The van der Waals surface area contributed by atoms with E-state index in [4.69, 9.17) is 11.6 Å². The standard InChI is InChI=1S/C18H26ClN3O3S/c1-14-13-16(3-4-17(14)19)26(24,25)22-7-5-15(6-8-22)18(23)21-11-9-20(2)10-12-21/h3-4,13,15H,5-12H2,1-2H3. The normalized spacial score (nSPS) is 21.1. The second-order valence-corrected chi connectivity index (χ2v) is 9.56. The highest BCUT2D eigenvalue weighted by molar-refractivity contribution is 7.89. The lowest BCUT2D eigenvalue weighted by molar-refractivity contribution is -0.138. The molecule has 26 heavy (non-hydrogen) atoms. The number of hydrogen-bond acceptors (Lipinski definition) is 4. The Labute approximate surface area is 160 Å². The van der Waals surface area contributed by atoms with Crippen LogP contribution >= 0.6 is 11.6 Å². The van der Waals surface area contributed by atoms with Gasteiger partial charge in [0.25, 0.3) is 0 Å². The molecule has 2 aliphatic rings. The van der Waals surface area contributed by atoms with E-state index in [1.165, 1.54) is 4.31 Å². The first kappa shape index (κ1) is 19.6. The maximum Gasteiger partial charge on any atom is 0.243 e. The molecule has 2 heterocycles. The maximum absolute atomic E-state index is 12.8. The number of nitrogens with zero attached hydrogens (tertiary/aromatic N) is 3. The van der Waals surface area contributed by atoms with Crippen molar-refractivity contribution in [1.82, 2.24) is 14.1 Å². The van der Waals surface area contributed by atoms with E-state index in [-0.39, 0.29) is 16.7 Å². The molecule has 1 aromatic rings. The molecule has 0 unspecified atom stereocenters. The molecule has 0 aliphatic carbocycles. The fraction of sp³-hybridized carbons (Fsp3) is 0.611. The van der Waals surface area contributed by atoms with Gasteiger partial charge in [-0.25, -0.2) is 8.42 Å². The van der Waals surface area contributed by atoms with Gasteiger partial charge in [-0.2, -0.15) is 4.31 Å². The maximum atomic E-state index is 12.8. The van der Waals surface area contributed by atoms with Crippen molar-refractivity contribution in [3.8, 4) is 0 Å². The second kappa shape index (κ2) is 7.84. The summed E-state index contributed by atoms with van der Waals surface area (Å²) in [6.07, 6.45) is 1.16. The predicted molar refractivity (Wildman–Crippen MR) is 102 cm³/mol. The monoisotopic (exact) mass is 399 g/mol. The van der Waals surface area contributed by atoms with Gasteiger partial charge in [-0.3, -0.25) is 4.79 Å². The van der Waals surface area contributed by atoms with Gasteiger partial charge in [0.15, 0.2) is 0 Å². The number of halogens is 1. The van der Waals surface area contributed by atoms with Gasteiger partial charge in [0.1, 0.15) is 0 Å². The van der Waals surface area contributed by atoms with Crippen molar-refractivity contribution >= 4 is 27.5 Å². The van der Waals surface area contributed by atoms with Crippen LogP contribution in [0.5, 0.6) is 0 Å². The van der Waals surface area contributed by atoms with Gasteiger partial charge in [0.05, 0.1) is 4.90 Å². The Kier molecular flexibility index (Phi) is 5.91. The molecule has 2 aliphatic heterocycles. The van der Waals surface area contributed by atoms with E-state index in [1.807, 2.05) is 4.90 Å². The summed E-state index contributed by atoms with van der Waals surface area (Å²) in [6, 6.07) is 4.78. The fourth-order valence-corrected chi connectivity index (χ4v) is 5.23. The van der Waals surface area contributed by atoms with Crippen molar-refractivity contribution in [3.63, 3.8) is 0 Å². The molecule has 0 atom stereocenters. The molecule has 144 valence electrons. The number of likely N-dealkylation sites (N-methyl/N-ethyl adjacent to an activating group) is 1. The van der Waals surface area contributed by atoms with Crippen LogP contribution in [0.2, 0.25) is 5.02 Å². The van der Waals surface area contributed by atoms with E-state index in [9.17, 15) is 13.2 Å². The minimum Gasteiger partial charge on any atom is -0.340 e. The van der Waals surface area contributed by atoms with E-state index in [1.54, 1.807) is 25.1 Å². The summed E-state index contributed by atoms with van der Waals surface area (Å²) in [4.78, 5) is 17.1. The molecule has 1 amide bonds. The van der Waals surface area contributed by atoms with Crippen LogP contribution in [0.4, 0.5) is 0 Å². The third-order valence-corrected chi connectivity index (χ3v) is 7.70. The Bertz CT molecular complexity index is 768. The molecule has 0 N–H and O–H groups in total. The second-order valence-electron chi connectivity index (χ2n) is 7.22. The largest absolute Gasteiger partial charge is 0.340 e. The lowest BCUT2D eigenvalue weighted by Crippen LogP contribution is -2.50. The first-order valence-electron chi connectivity index (χ1n) is 9.02. The summed E-state index contributed by atoms with van der Waals surface area (Å²) in [5.74, 6) is 0.106. The number of benzene rings is 1. The first-order valence-corrected chi connectivity index (χ1v) is 10.8. The van der Waals surface area contributed by atoms with Crippen LogP contribution in [0.1, 0.15) is 18.4 Å². The number of carbonyl (C=O) groups is 1. The highest BCUT2D eigenvalue weighted by Gasteiger charge is 2.34. The van der Waals surface area contributed by atoms with Gasteiger partial charge < -0.3 is 9.80 Å². The molecule has 2 saturated heterocycles. The number of hydrogen-bond donors (Lipinski definition) is 0. The molecule has 8 heteroatoms. The average molecular weight is 400 g/mol. The SMILES string of the molecule is Cc1cc(S(=O)(=O)N2CCC(C(=O)N3CCN(C)CC3)CC2)ccc1Cl. The van der Waals surface area contributed by atoms with Gasteiger partial charge in [-0.1, -0.05) is 11.6 Å². The zero-order valence-corrected chi connectivity index (χ0v) is 16.9. The topological polar surface area (TPSA) is 60.9 Å². The predicted octanol–water partition coefficient (Wildman–Crippen LogP) is 1.82. The minimum absolute atomic E-state index is 0.0724. The molecule has 0 bridgehead atoms. The highest BCUT2D eigenvalue weighted by Crippen LogP contribution is 2.27. The molecule has 1 aromatic carbocycles. The van der Waals surface area contributed by atoms with E-state index >= 15 is 0 Å². The molecule has 0 spiro atoms. The number of aryl methyl sites for hydroxylation is 1. The van der Waals surface area contributed by atoms with Crippen LogP contribution in [-0.4, -0.2) is 74.7 Å². The molecule has 0 radical (unpaired) electrons. The Morgan fingerprint density at radius 3 is 2.27 bits per heavy atom. The lowest BCUT2D eigenvalue weighted by Gasteiger charge is -2.37. The molecule has 0 aromatic heterocycles. The number of rotatable bonds is 3. The minimum atomic E-state index is -3.54. The summed E-state index contributed by atoms with van der Waals surface area (Å²) >= 11 is 6.00. The summed E-state index contributed by atoms with van der Waals surface area (Å²) < 4.78 is 27.2.